The van der Waals surface area contributed by atoms with Crippen LogP contribution in [0.4, 0.5) is 4.79 Å². The molecule has 4 amide bonds. The number of furan rings is 1. The molecular weight excluding hydrogens is 454 g/mol. The molecule has 0 spiro atoms. The summed E-state index contributed by atoms with van der Waals surface area (Å²) in [6.45, 7) is 0. The van der Waals surface area contributed by atoms with Crippen LogP contribution >= 0.6 is 11.6 Å². The van der Waals surface area contributed by atoms with E-state index in [0.29, 0.717) is 32.5 Å². The molecule has 0 bridgehead atoms. The Bertz CT molecular complexity index is 1350. The maximum atomic E-state index is 13.7. The number of amides is 4. The van der Waals surface area contributed by atoms with E-state index in [2.05, 4.69) is 10.7 Å². The number of urea groups is 1. The molecule has 1 fully saturated rings. The molecule has 1 saturated heterocycles. The van der Waals surface area contributed by atoms with Crippen LogP contribution in [-0.4, -0.2) is 22.9 Å². The molecule has 0 aliphatic carbocycles. The molecule has 0 saturated carbocycles. The van der Waals surface area contributed by atoms with Crippen LogP contribution in [0.2, 0.25) is 5.02 Å². The van der Waals surface area contributed by atoms with Gasteiger partial charge in [0.1, 0.15) is 5.76 Å². The second kappa shape index (κ2) is 8.53. The van der Waals surface area contributed by atoms with Crippen molar-refractivity contribution in [3.05, 3.63) is 119 Å². The lowest BCUT2D eigenvalue weighted by Gasteiger charge is -2.27. The van der Waals surface area contributed by atoms with Crippen molar-refractivity contribution in [2.45, 2.75) is 5.54 Å². The van der Waals surface area contributed by atoms with E-state index in [1.165, 1.54) is 6.07 Å². The molecule has 7 nitrogen and oxygen atoms in total. The third-order valence-corrected chi connectivity index (χ3v) is 5.95. The SMILES string of the molecule is O=C(NN1C(=O)NC(c2ccccc2)(c2ccccc2)C1=O)c1ccc(-c2ccccc2Cl)o1. The van der Waals surface area contributed by atoms with Gasteiger partial charge in [-0.15, -0.1) is 0 Å². The maximum absolute atomic E-state index is 13.7. The van der Waals surface area contributed by atoms with Gasteiger partial charge in [0.15, 0.2) is 11.3 Å². The van der Waals surface area contributed by atoms with Crippen molar-refractivity contribution in [2.24, 2.45) is 0 Å². The zero-order chi connectivity index (χ0) is 23.7. The van der Waals surface area contributed by atoms with Gasteiger partial charge in [0, 0.05) is 5.56 Å². The van der Waals surface area contributed by atoms with Gasteiger partial charge in [0.05, 0.1) is 5.02 Å². The molecule has 2 heterocycles. The summed E-state index contributed by atoms with van der Waals surface area (Å²) < 4.78 is 5.65. The summed E-state index contributed by atoms with van der Waals surface area (Å²) in [5.74, 6) is -1.08. The third-order valence-electron chi connectivity index (χ3n) is 5.62. The predicted octanol–water partition coefficient (Wildman–Crippen LogP) is 4.74. The minimum absolute atomic E-state index is 0.0764. The van der Waals surface area contributed by atoms with Crippen molar-refractivity contribution in [1.29, 1.82) is 0 Å². The van der Waals surface area contributed by atoms with Gasteiger partial charge in [0.2, 0.25) is 0 Å². The van der Waals surface area contributed by atoms with Gasteiger partial charge in [-0.25, -0.2) is 10.2 Å². The van der Waals surface area contributed by atoms with Crippen LogP contribution in [0.15, 0.2) is 101 Å². The molecule has 8 heteroatoms. The standard InChI is InChI=1S/C26H18ClN3O4/c27-20-14-8-7-13-19(20)21-15-16-22(34-21)23(31)29-30-24(32)26(28-25(30)33,17-9-3-1-4-10-17)18-11-5-2-6-12-18/h1-16H,(H,28,33)(H,29,31). The number of halogens is 1. The van der Waals surface area contributed by atoms with E-state index in [4.69, 9.17) is 16.0 Å². The van der Waals surface area contributed by atoms with Gasteiger partial charge in [-0.05, 0) is 35.4 Å². The fourth-order valence-electron chi connectivity index (χ4n) is 3.99. The first-order valence-corrected chi connectivity index (χ1v) is 10.8. The first-order chi connectivity index (χ1) is 16.5. The molecule has 4 aromatic rings. The first-order valence-electron chi connectivity index (χ1n) is 10.4. The van der Waals surface area contributed by atoms with Crippen molar-refractivity contribution >= 4 is 29.4 Å². The van der Waals surface area contributed by atoms with E-state index in [0.717, 1.165) is 0 Å². The monoisotopic (exact) mass is 471 g/mol. The molecular formula is C26H18ClN3O4. The van der Waals surface area contributed by atoms with Crippen molar-refractivity contribution < 1.29 is 18.8 Å². The minimum Gasteiger partial charge on any atom is -0.451 e. The first kappa shape index (κ1) is 21.5. The second-order valence-electron chi connectivity index (χ2n) is 7.64. The highest BCUT2D eigenvalue weighted by Gasteiger charge is 2.54. The van der Waals surface area contributed by atoms with Crippen LogP contribution in [0.1, 0.15) is 21.7 Å². The molecule has 1 aliphatic heterocycles. The Morgan fingerprint density at radius 1 is 0.824 bits per heavy atom. The largest absolute Gasteiger partial charge is 0.451 e. The lowest BCUT2D eigenvalue weighted by atomic mass is 9.83. The number of hydrogen-bond donors (Lipinski definition) is 2. The summed E-state index contributed by atoms with van der Waals surface area (Å²) in [5, 5.41) is 3.92. The summed E-state index contributed by atoms with van der Waals surface area (Å²) in [5.41, 5.74) is 2.63. The van der Waals surface area contributed by atoms with Crippen molar-refractivity contribution in [3.63, 3.8) is 0 Å². The molecule has 0 atom stereocenters. The molecule has 34 heavy (non-hydrogen) atoms. The Morgan fingerprint density at radius 3 is 2.03 bits per heavy atom. The van der Waals surface area contributed by atoms with Gasteiger partial charge in [-0.1, -0.05) is 84.4 Å². The normalized spacial score (nSPS) is 14.7. The number of carbonyl (C=O) groups is 3. The topological polar surface area (TPSA) is 91.7 Å². The number of benzene rings is 3. The van der Waals surface area contributed by atoms with E-state index in [-0.39, 0.29) is 5.76 Å². The van der Waals surface area contributed by atoms with E-state index < -0.39 is 23.4 Å². The van der Waals surface area contributed by atoms with E-state index in [9.17, 15) is 14.4 Å². The minimum atomic E-state index is -1.49. The van der Waals surface area contributed by atoms with E-state index in [1.807, 2.05) is 12.1 Å². The van der Waals surface area contributed by atoms with Crippen molar-refractivity contribution in [3.8, 4) is 11.3 Å². The number of hydrogen-bond acceptors (Lipinski definition) is 4. The number of carbonyl (C=O) groups excluding carboxylic acids is 3. The number of nitrogens with one attached hydrogen (secondary N) is 2. The third kappa shape index (κ3) is 3.52. The smallest absolute Gasteiger partial charge is 0.344 e. The Balaban J connectivity index is 1.46. The van der Waals surface area contributed by atoms with Crippen LogP contribution in [0.5, 0.6) is 0 Å². The molecule has 5 rings (SSSR count). The summed E-state index contributed by atoms with van der Waals surface area (Å²) in [7, 11) is 0. The van der Waals surface area contributed by atoms with Gasteiger partial charge in [-0.3, -0.25) is 9.59 Å². The van der Waals surface area contributed by atoms with Crippen LogP contribution in [0, 0.1) is 0 Å². The van der Waals surface area contributed by atoms with Crippen LogP contribution in [0.25, 0.3) is 11.3 Å². The predicted molar refractivity (Wildman–Crippen MR) is 126 cm³/mol. The summed E-state index contributed by atoms with van der Waals surface area (Å²) in [4.78, 5) is 39.5. The summed E-state index contributed by atoms with van der Waals surface area (Å²) in [6, 6.07) is 27.1. The zero-order valence-corrected chi connectivity index (χ0v) is 18.5. The molecule has 2 N–H and O–H groups in total. The fourth-order valence-corrected chi connectivity index (χ4v) is 4.22. The fraction of sp³-hybridized carbons (Fsp3) is 0.0385. The average molecular weight is 472 g/mol. The van der Waals surface area contributed by atoms with Gasteiger partial charge in [0.25, 0.3) is 5.91 Å². The molecule has 1 aliphatic rings. The average Bonchev–Trinajstić information content (AvgIpc) is 3.45. The zero-order valence-electron chi connectivity index (χ0n) is 17.7. The summed E-state index contributed by atoms with van der Waals surface area (Å²) in [6.07, 6.45) is 0. The summed E-state index contributed by atoms with van der Waals surface area (Å²) >= 11 is 6.20. The van der Waals surface area contributed by atoms with Crippen LogP contribution in [-0.2, 0) is 10.3 Å². The Hall–Kier alpha value is -4.36. The Morgan fingerprint density at radius 2 is 1.41 bits per heavy atom. The number of imide groups is 1. The van der Waals surface area contributed by atoms with E-state index >= 15 is 0 Å². The van der Waals surface area contributed by atoms with Gasteiger partial charge in [-0.2, -0.15) is 5.01 Å². The molecule has 1 aromatic heterocycles. The number of hydrazine groups is 1. The van der Waals surface area contributed by atoms with Gasteiger partial charge < -0.3 is 9.73 Å². The lowest BCUT2D eigenvalue weighted by Crippen LogP contribution is -2.49. The number of nitrogens with zero attached hydrogens (tertiary/aromatic N) is 1. The Kier molecular flexibility index (Phi) is 5.39. The highest BCUT2D eigenvalue weighted by Crippen LogP contribution is 2.35. The van der Waals surface area contributed by atoms with Gasteiger partial charge >= 0.3 is 11.9 Å². The van der Waals surface area contributed by atoms with Crippen molar-refractivity contribution in [1.82, 2.24) is 15.8 Å². The second-order valence-corrected chi connectivity index (χ2v) is 8.04. The van der Waals surface area contributed by atoms with Crippen LogP contribution < -0.4 is 10.7 Å². The van der Waals surface area contributed by atoms with E-state index in [1.54, 1.807) is 78.9 Å². The van der Waals surface area contributed by atoms with Crippen molar-refractivity contribution in [2.75, 3.05) is 0 Å². The quantitative estimate of drug-likeness (QED) is 0.411. The van der Waals surface area contributed by atoms with Crippen LogP contribution in [0.3, 0.4) is 0 Å². The Labute approximate surface area is 199 Å². The highest BCUT2D eigenvalue weighted by molar-refractivity contribution is 6.33. The molecule has 168 valence electrons. The molecule has 0 unspecified atom stereocenters. The molecule has 3 aromatic carbocycles. The maximum Gasteiger partial charge on any atom is 0.344 e. The lowest BCUT2D eigenvalue weighted by molar-refractivity contribution is -0.131. The number of rotatable bonds is 5. The highest BCUT2D eigenvalue weighted by atomic mass is 35.5. The molecule has 0 radical (unpaired) electrons.